The van der Waals surface area contributed by atoms with E-state index >= 15 is 0 Å². The summed E-state index contributed by atoms with van der Waals surface area (Å²) < 4.78 is 34.4. The summed E-state index contributed by atoms with van der Waals surface area (Å²) in [7, 11) is -3.74. The minimum absolute atomic E-state index is 0.166. The highest BCUT2D eigenvalue weighted by Gasteiger charge is 2.15. The van der Waals surface area contributed by atoms with Gasteiger partial charge in [-0.1, -0.05) is 50.8 Å². The number of aromatic nitrogens is 2. The van der Waals surface area contributed by atoms with Crippen molar-refractivity contribution in [1.29, 1.82) is 0 Å². The third kappa shape index (κ3) is 8.74. The molecule has 3 N–H and O–H groups in total. The van der Waals surface area contributed by atoms with Gasteiger partial charge in [-0.05, 0) is 67.4 Å². The Bertz CT molecular complexity index is 1410. The maximum atomic E-state index is 12.9. The molecule has 0 bridgehead atoms. The van der Waals surface area contributed by atoms with Gasteiger partial charge in [-0.2, -0.15) is 0 Å². The molecule has 0 aliphatic carbocycles. The monoisotopic (exact) mass is 562 g/mol. The fourth-order valence-corrected chi connectivity index (χ4v) is 5.41. The first kappa shape index (κ1) is 29.5. The zero-order chi connectivity index (χ0) is 28.2. The molecule has 9 heteroatoms. The van der Waals surface area contributed by atoms with Crippen LogP contribution >= 0.6 is 0 Å². The fourth-order valence-electron chi connectivity index (χ4n) is 4.35. The zero-order valence-electron chi connectivity index (χ0n) is 22.9. The zero-order valence-corrected chi connectivity index (χ0v) is 23.7. The maximum absolute atomic E-state index is 12.9. The van der Waals surface area contributed by atoms with Gasteiger partial charge >= 0.3 is 0 Å². The number of oxazole rings is 1. The van der Waals surface area contributed by atoms with Crippen LogP contribution in [0.15, 0.2) is 88.6 Å². The van der Waals surface area contributed by atoms with Crippen molar-refractivity contribution >= 4 is 15.7 Å². The summed E-state index contributed by atoms with van der Waals surface area (Å²) in [4.78, 5) is 8.56. The topological polar surface area (TPSA) is 117 Å². The van der Waals surface area contributed by atoms with Crippen LogP contribution in [0, 0.1) is 0 Å². The number of benzene rings is 2. The molecule has 4 rings (SSSR count). The molecule has 1 atom stereocenters. The Balaban J connectivity index is 1.24. The molecule has 0 radical (unpaired) electrons. The molecule has 40 heavy (non-hydrogen) atoms. The van der Waals surface area contributed by atoms with Crippen LogP contribution in [0.25, 0.3) is 11.5 Å². The van der Waals surface area contributed by atoms with E-state index in [1.165, 1.54) is 25.7 Å². The number of aliphatic hydroxyl groups excluding tert-OH is 1. The molecule has 0 amide bonds. The number of nitrogens with one attached hydrogen (secondary N) is 2. The Hall–Kier alpha value is -3.53. The molecule has 0 saturated carbocycles. The first-order valence-corrected chi connectivity index (χ1v) is 15.4. The van der Waals surface area contributed by atoms with Gasteiger partial charge in [0.15, 0.2) is 0 Å². The lowest BCUT2D eigenvalue weighted by atomic mass is 10.1. The van der Waals surface area contributed by atoms with Crippen molar-refractivity contribution in [1.82, 2.24) is 15.3 Å². The molecule has 0 aliphatic heterocycles. The quantitative estimate of drug-likeness (QED) is 0.145. The third-order valence-corrected chi connectivity index (χ3v) is 8.09. The number of rotatable bonds is 16. The fraction of sp³-hybridized carbons (Fsp3) is 0.355. The number of hydrogen-bond donors (Lipinski definition) is 3. The van der Waals surface area contributed by atoms with Crippen LogP contribution in [0.1, 0.15) is 62.0 Å². The lowest BCUT2D eigenvalue weighted by Gasteiger charge is -2.12. The molecular formula is C31H38N4O4S. The number of unbranched alkanes of at least 4 members (excludes halogenated alkanes) is 4. The van der Waals surface area contributed by atoms with E-state index in [4.69, 9.17) is 4.42 Å². The van der Waals surface area contributed by atoms with E-state index in [0.29, 0.717) is 24.7 Å². The minimum Gasteiger partial charge on any atom is -0.441 e. The third-order valence-electron chi connectivity index (χ3n) is 6.70. The van der Waals surface area contributed by atoms with E-state index in [1.807, 2.05) is 18.2 Å². The second kappa shape index (κ2) is 14.7. The van der Waals surface area contributed by atoms with Crippen molar-refractivity contribution in [3.05, 3.63) is 96.1 Å². The lowest BCUT2D eigenvalue weighted by molar-refractivity contribution is 0.174. The van der Waals surface area contributed by atoms with Crippen molar-refractivity contribution in [3.8, 4) is 11.5 Å². The van der Waals surface area contributed by atoms with Gasteiger partial charge in [0.2, 0.25) is 5.89 Å². The molecule has 4 aromatic rings. The summed E-state index contributed by atoms with van der Waals surface area (Å²) in [5.74, 6) is 1.35. The van der Waals surface area contributed by atoms with Crippen LogP contribution in [0.2, 0.25) is 0 Å². The van der Waals surface area contributed by atoms with Crippen LogP contribution in [-0.4, -0.2) is 36.6 Å². The molecule has 212 valence electrons. The lowest BCUT2D eigenvalue weighted by Crippen LogP contribution is -2.23. The molecule has 2 heterocycles. The predicted molar refractivity (Wildman–Crippen MR) is 157 cm³/mol. The molecule has 0 aliphatic rings. The summed E-state index contributed by atoms with van der Waals surface area (Å²) in [6, 6.07) is 17.5. The Morgan fingerprint density at radius 2 is 1.70 bits per heavy atom. The van der Waals surface area contributed by atoms with E-state index < -0.39 is 16.1 Å². The largest absolute Gasteiger partial charge is 0.441 e. The summed E-state index contributed by atoms with van der Waals surface area (Å²) in [5, 5.41) is 13.4. The second-order valence-electron chi connectivity index (χ2n) is 9.88. The number of aryl methyl sites for hydroxylation is 1. The Labute approximate surface area is 237 Å². The van der Waals surface area contributed by atoms with Crippen molar-refractivity contribution in [2.24, 2.45) is 0 Å². The van der Waals surface area contributed by atoms with Gasteiger partial charge in [-0.3, -0.25) is 9.71 Å². The molecule has 2 aromatic heterocycles. The number of pyridine rings is 1. The average molecular weight is 563 g/mol. The smallest absolute Gasteiger partial charge is 0.261 e. The number of sulfonamides is 1. The first-order valence-electron chi connectivity index (χ1n) is 13.9. The van der Waals surface area contributed by atoms with Crippen molar-refractivity contribution in [2.75, 3.05) is 17.8 Å². The molecule has 8 nitrogen and oxygen atoms in total. The summed E-state index contributed by atoms with van der Waals surface area (Å²) in [6.07, 6.45) is 12.1. The number of nitrogens with zero attached hydrogens (tertiary/aromatic N) is 2. The highest BCUT2D eigenvalue weighted by molar-refractivity contribution is 7.92. The highest BCUT2D eigenvalue weighted by Crippen LogP contribution is 2.24. The SMILES string of the molecule is CCCCCCCc1cnc(-c2ccc(S(=O)(=O)Nc3ccc(CCNCC(O)c4cccnc4)cc3)cc2)o1. The predicted octanol–water partition coefficient (Wildman–Crippen LogP) is 5.92. The second-order valence-corrected chi connectivity index (χ2v) is 11.6. The van der Waals surface area contributed by atoms with Crippen LogP contribution in [-0.2, 0) is 22.9 Å². The molecular weight excluding hydrogens is 524 g/mol. The van der Waals surface area contributed by atoms with Gasteiger partial charge in [0.25, 0.3) is 10.0 Å². The summed E-state index contributed by atoms with van der Waals surface area (Å²) in [6.45, 7) is 3.31. The first-order chi connectivity index (χ1) is 19.4. The molecule has 0 fully saturated rings. The molecule has 2 aromatic carbocycles. The van der Waals surface area contributed by atoms with Crippen molar-refractivity contribution in [3.63, 3.8) is 0 Å². The van der Waals surface area contributed by atoms with E-state index in [2.05, 4.69) is 26.9 Å². The Morgan fingerprint density at radius 1 is 0.925 bits per heavy atom. The number of hydrogen-bond acceptors (Lipinski definition) is 7. The van der Waals surface area contributed by atoms with Gasteiger partial charge < -0.3 is 14.8 Å². The Morgan fingerprint density at radius 3 is 2.42 bits per heavy atom. The number of anilines is 1. The molecule has 0 spiro atoms. The normalized spacial score (nSPS) is 12.3. The van der Waals surface area contributed by atoms with Crippen LogP contribution in [0.4, 0.5) is 5.69 Å². The maximum Gasteiger partial charge on any atom is 0.261 e. The minimum atomic E-state index is -3.74. The van der Waals surface area contributed by atoms with Crippen molar-refractivity contribution in [2.45, 2.75) is 62.9 Å². The summed E-state index contributed by atoms with van der Waals surface area (Å²) >= 11 is 0. The molecule has 1 unspecified atom stereocenters. The highest BCUT2D eigenvalue weighted by atomic mass is 32.2. The standard InChI is InChI=1S/C31H38N4O4S/c1-2-3-4-5-6-9-28-22-34-31(39-28)25-12-16-29(17-13-25)40(37,38)35-27-14-10-24(11-15-27)18-20-33-23-30(36)26-8-7-19-32-21-26/h7-8,10-17,19,21-22,30,33,35-36H,2-6,9,18,20,23H2,1H3. The van der Waals surface area contributed by atoms with E-state index in [-0.39, 0.29) is 4.90 Å². The average Bonchev–Trinajstić information content (AvgIpc) is 3.45. The van der Waals surface area contributed by atoms with Crippen LogP contribution in [0.5, 0.6) is 0 Å². The van der Waals surface area contributed by atoms with Gasteiger partial charge in [0, 0.05) is 42.2 Å². The van der Waals surface area contributed by atoms with Gasteiger partial charge in [0.1, 0.15) is 5.76 Å². The summed E-state index contributed by atoms with van der Waals surface area (Å²) in [5.41, 5.74) is 3.06. The van der Waals surface area contributed by atoms with Crippen LogP contribution < -0.4 is 10.0 Å². The van der Waals surface area contributed by atoms with Gasteiger partial charge in [-0.15, -0.1) is 0 Å². The van der Waals surface area contributed by atoms with Gasteiger partial charge in [-0.25, -0.2) is 13.4 Å². The Kier molecular flexibility index (Phi) is 10.9. The van der Waals surface area contributed by atoms with Crippen molar-refractivity contribution < 1.29 is 17.9 Å². The van der Waals surface area contributed by atoms with Crippen LogP contribution in [0.3, 0.4) is 0 Å². The number of aliphatic hydroxyl groups is 1. The van der Waals surface area contributed by atoms with E-state index in [9.17, 15) is 13.5 Å². The van der Waals surface area contributed by atoms with E-state index in [0.717, 1.165) is 41.7 Å². The van der Waals surface area contributed by atoms with Gasteiger partial charge in [0.05, 0.1) is 17.2 Å². The molecule has 0 saturated heterocycles. The van der Waals surface area contributed by atoms with E-state index in [1.54, 1.807) is 61.1 Å².